The third kappa shape index (κ3) is 47.9. The molecule has 0 amide bonds. The molecule has 0 bridgehead atoms. The Bertz CT molecular complexity index is 576. The van der Waals surface area contributed by atoms with Gasteiger partial charge in [-0.15, -0.1) is 0 Å². The van der Waals surface area contributed by atoms with E-state index in [0.717, 1.165) is 58.8 Å². The molecule has 8 atom stereocenters. The molecule has 0 aliphatic carbocycles. The first-order chi connectivity index (χ1) is 17.3. The standard InChI is InChI=1S/C11H28N2.C7H20N4.C7H18N2.C4H12N2.8ClH/c1-10(9-12(3,4)5)11(2)13(6,7)8;1-6(10,3-4-8)7(2,11)5-9;1-6(3-4-8)7(2)5-9;1-3(5)4(2)6;;;;;;;;/h10-11H,9H2,1-8H3;3-5,8-11H2,1-2H3;6-7H,3-5,8-9H2,1-2H3;3-4H,5-6H2,1-2H3;8*1H/q+2;;;;;;;;;;;/p-2. The van der Waals surface area contributed by atoms with Crippen LogP contribution in [0.2, 0.25) is 0 Å². The number of rotatable bonds is 13. The Morgan fingerprint density at radius 1 is 0.553 bits per heavy atom. The van der Waals surface area contributed by atoms with Gasteiger partial charge in [-0.3, -0.25) is 0 Å². The molecule has 0 saturated carbocycles. The van der Waals surface area contributed by atoms with Crippen LogP contribution in [0.1, 0.15) is 68.2 Å². The van der Waals surface area contributed by atoms with E-state index < -0.39 is 0 Å². The third-order valence-electron chi connectivity index (χ3n) is 8.46. The molecule has 22 N–H and O–H groups in total. The van der Waals surface area contributed by atoms with Crippen LogP contribution in [0, 0.1) is 17.8 Å². The lowest BCUT2D eigenvalue weighted by Gasteiger charge is -2.38. The highest BCUT2D eigenvalue weighted by molar-refractivity contribution is 5.00. The topological polar surface area (TPSA) is 218 Å². The summed E-state index contributed by atoms with van der Waals surface area (Å²) in [7, 11) is 13.6. The molecule has 10 nitrogen and oxygen atoms in total. The lowest BCUT2D eigenvalue weighted by molar-refractivity contribution is -0.912. The minimum Gasteiger partial charge on any atom is -1.00 e. The molecule has 47 heavy (non-hydrogen) atoms. The predicted molar refractivity (Wildman–Crippen MR) is 168 cm³/mol. The van der Waals surface area contributed by atoms with Crippen molar-refractivity contribution in [3.05, 3.63) is 0 Å². The number of halogens is 8. The Kier molecular flexibility index (Phi) is 71.3. The Morgan fingerprint density at radius 3 is 1.09 bits per heavy atom. The van der Waals surface area contributed by atoms with E-state index in [1.54, 1.807) is 0 Å². The molecule has 0 aliphatic rings. The summed E-state index contributed by atoms with van der Waals surface area (Å²) in [5.74, 6) is 2.34. The normalized spacial score (nSPS) is 16.2. The quantitative estimate of drug-likeness (QED) is 0.0848. The smallest absolute Gasteiger partial charge is 0.133 e. The van der Waals surface area contributed by atoms with Gasteiger partial charge in [0, 0.05) is 17.9 Å². The number of hydrogen-bond donors (Lipinski definition) is 8. The molecule has 0 aromatic rings. The minimum atomic E-state index is -0.384. The van der Waals surface area contributed by atoms with E-state index in [4.69, 9.17) is 11.5 Å². The second kappa shape index (κ2) is 40.7. The zero-order chi connectivity index (χ0) is 32.4. The first kappa shape index (κ1) is 82.4. The predicted octanol–water partition coefficient (Wildman–Crippen LogP) is -27.9. The van der Waals surface area contributed by atoms with Gasteiger partial charge in [-0.1, -0.05) is 20.8 Å². The van der Waals surface area contributed by atoms with E-state index >= 15 is 0 Å². The van der Waals surface area contributed by atoms with Crippen LogP contribution in [0.4, 0.5) is 0 Å². The summed E-state index contributed by atoms with van der Waals surface area (Å²) in [6, 6.07) is 1.70. The molecule has 306 valence electrons. The molecular weight excluding hydrogens is 772 g/mol. The summed E-state index contributed by atoms with van der Waals surface area (Å²) in [5, 5.41) is 0. The largest absolute Gasteiger partial charge is 1.00 e. The molecule has 0 aromatic carbocycles. The molecule has 0 saturated heterocycles. The van der Waals surface area contributed by atoms with Gasteiger partial charge in [0.05, 0.1) is 92.5 Å². The van der Waals surface area contributed by atoms with Crippen molar-refractivity contribution in [3.63, 3.8) is 0 Å². The summed E-state index contributed by atoms with van der Waals surface area (Å²) >= 11 is 0. The average Bonchev–Trinajstić information content (AvgIpc) is 2.77. The van der Waals surface area contributed by atoms with E-state index in [1.807, 2.05) is 13.8 Å². The first-order valence-electron chi connectivity index (χ1n) is 15.3. The van der Waals surface area contributed by atoms with Crippen LogP contribution in [0.5, 0.6) is 0 Å². The summed E-state index contributed by atoms with van der Waals surface area (Å²) in [4.78, 5) is 0. The lowest BCUT2D eigenvalue weighted by atomic mass is 9.78. The van der Waals surface area contributed by atoms with Crippen LogP contribution in [0.15, 0.2) is 0 Å². The van der Waals surface area contributed by atoms with Crippen molar-refractivity contribution in [3.8, 4) is 0 Å². The second-order valence-electron chi connectivity index (χ2n) is 14.8. The van der Waals surface area contributed by atoms with Gasteiger partial charge in [-0.05, 0) is 47.0 Å². The molecule has 0 heterocycles. The van der Waals surface area contributed by atoms with Gasteiger partial charge in [0.15, 0.2) is 0 Å². The highest BCUT2D eigenvalue weighted by Crippen LogP contribution is 2.17. The van der Waals surface area contributed by atoms with E-state index in [-0.39, 0.29) is 110 Å². The molecule has 18 heteroatoms. The minimum absolute atomic E-state index is 0. The van der Waals surface area contributed by atoms with Gasteiger partial charge >= 0.3 is 0 Å². The van der Waals surface area contributed by atoms with Crippen molar-refractivity contribution in [2.75, 3.05) is 75.0 Å². The number of nitrogens with zero attached hydrogens (tertiary/aromatic N) is 2. The Balaban J connectivity index is -0.0000000337. The van der Waals surface area contributed by atoms with E-state index in [9.17, 15) is 0 Å². The van der Waals surface area contributed by atoms with Crippen LogP contribution in [0.3, 0.4) is 0 Å². The summed E-state index contributed by atoms with van der Waals surface area (Å²) in [6.45, 7) is 22.1. The van der Waals surface area contributed by atoms with Crippen molar-refractivity contribution in [1.82, 2.24) is 0 Å². The maximum Gasteiger partial charge on any atom is 0.133 e. The molecular formula is C29H84Cl8N10. The van der Waals surface area contributed by atoms with Crippen LogP contribution in [-0.2, 0) is 0 Å². The molecule has 0 aliphatic heterocycles. The van der Waals surface area contributed by atoms with Crippen molar-refractivity contribution in [2.45, 2.75) is 97.4 Å². The molecule has 0 rings (SSSR count). The van der Waals surface area contributed by atoms with Crippen LogP contribution < -0.4 is 145 Å². The Labute approximate surface area is 342 Å². The van der Waals surface area contributed by atoms with Gasteiger partial charge in [-0.2, -0.15) is 0 Å². The van der Waals surface area contributed by atoms with Crippen molar-refractivity contribution >= 4 is 0 Å². The first-order valence-corrected chi connectivity index (χ1v) is 15.3. The van der Waals surface area contributed by atoms with Gasteiger partial charge in [0.2, 0.25) is 0 Å². The number of quaternary nitrogens is 8. The summed E-state index contributed by atoms with van der Waals surface area (Å²) in [5.41, 5.74) is 34.0. The average molecular weight is 857 g/mol. The fourth-order valence-corrected chi connectivity index (χ4v) is 3.61. The second-order valence-corrected chi connectivity index (χ2v) is 14.8. The highest BCUT2D eigenvalue weighted by Gasteiger charge is 2.38. The summed E-state index contributed by atoms with van der Waals surface area (Å²) < 4.78 is 2.12. The zero-order valence-electron chi connectivity index (χ0n) is 32.7. The maximum atomic E-state index is 6.01. The highest BCUT2D eigenvalue weighted by atomic mass is 35.5. The van der Waals surface area contributed by atoms with E-state index in [0.29, 0.717) is 18.6 Å². The monoisotopic (exact) mass is 852 g/mol. The van der Waals surface area contributed by atoms with Crippen LogP contribution in [0.25, 0.3) is 0 Å². The third-order valence-corrected chi connectivity index (χ3v) is 8.46. The van der Waals surface area contributed by atoms with Crippen molar-refractivity contribution < 1.29 is 143 Å². The number of nitrogens with two attached hydrogens (primary N) is 2. The Hall–Kier alpha value is 1.92. The van der Waals surface area contributed by atoms with Crippen LogP contribution in [-0.4, -0.2) is 113 Å². The maximum absolute atomic E-state index is 6.01. The molecule has 8 unspecified atom stereocenters. The van der Waals surface area contributed by atoms with E-state index in [2.05, 4.69) is 118 Å². The Morgan fingerprint density at radius 2 is 0.894 bits per heavy atom. The summed E-state index contributed by atoms with van der Waals surface area (Å²) in [6.07, 6.45) is 2.09. The fourth-order valence-electron chi connectivity index (χ4n) is 3.61. The van der Waals surface area contributed by atoms with Crippen LogP contribution >= 0.6 is 0 Å². The van der Waals surface area contributed by atoms with Gasteiger partial charge in [0.25, 0.3) is 0 Å². The molecule has 0 fully saturated rings. The SMILES string of the molecule is CC(C[N+](C)(C)C)C(C)[N+](C)(C)C.CC(C[NH3+])C(C)CC[NH3+].CC(N)(C[NH3+])C(C)(N)CC[NH3+].CC([NH3+])C(C)[NH3+].[Cl-].[Cl-].[Cl-].[Cl-].[Cl-].[Cl-].[Cl-].[Cl-]. The zero-order valence-corrected chi connectivity index (χ0v) is 38.8. The molecule has 0 aromatic heterocycles. The fraction of sp³-hybridized carbons (Fsp3) is 1.00. The van der Waals surface area contributed by atoms with Gasteiger partial charge in [-0.25, -0.2) is 0 Å². The molecule has 0 spiro atoms. The van der Waals surface area contributed by atoms with E-state index in [1.165, 1.54) is 13.0 Å². The van der Waals surface area contributed by atoms with Gasteiger partial charge < -0.3 is 154 Å². The number of hydrogen-bond acceptors (Lipinski definition) is 2. The molecule has 0 radical (unpaired) electrons. The van der Waals surface area contributed by atoms with Gasteiger partial charge in [0.1, 0.15) is 12.1 Å². The lowest BCUT2D eigenvalue weighted by Crippen LogP contribution is -3.00. The van der Waals surface area contributed by atoms with Crippen molar-refractivity contribution in [1.29, 1.82) is 0 Å². The van der Waals surface area contributed by atoms with Crippen molar-refractivity contribution in [2.24, 2.45) is 29.2 Å².